The van der Waals surface area contributed by atoms with Crippen LogP contribution in [-0.4, -0.2) is 17.0 Å². The molecule has 2 nitrogen and oxygen atoms in total. The first kappa shape index (κ1) is 9.85. The van der Waals surface area contributed by atoms with E-state index in [-0.39, 0.29) is 11.8 Å². The summed E-state index contributed by atoms with van der Waals surface area (Å²) in [5, 5.41) is 8.84. The molecule has 1 saturated carbocycles. The quantitative estimate of drug-likeness (QED) is 0.695. The topological polar surface area (TPSA) is 37.3 Å². The SMILES string of the molecule is O=C(O)C(CCl)C1CCCCC1. The molecule has 0 aromatic heterocycles. The third kappa shape index (κ3) is 2.37. The predicted octanol–water partition coefficient (Wildman–Crippen LogP) is 2.51. The molecule has 1 aliphatic carbocycles. The summed E-state index contributed by atoms with van der Waals surface area (Å²) >= 11 is 5.62. The molecule has 1 rings (SSSR count). The maximum Gasteiger partial charge on any atom is 0.307 e. The molecule has 70 valence electrons. The minimum atomic E-state index is -0.725. The maximum absolute atomic E-state index is 10.7. The predicted molar refractivity (Wildman–Crippen MR) is 48.4 cm³/mol. The van der Waals surface area contributed by atoms with Crippen LogP contribution in [0.5, 0.6) is 0 Å². The summed E-state index contributed by atoms with van der Waals surface area (Å²) < 4.78 is 0. The van der Waals surface area contributed by atoms with Gasteiger partial charge in [0.1, 0.15) is 0 Å². The lowest BCUT2D eigenvalue weighted by atomic mass is 9.81. The number of rotatable bonds is 3. The molecule has 1 fully saturated rings. The summed E-state index contributed by atoms with van der Waals surface area (Å²) in [4.78, 5) is 10.7. The van der Waals surface area contributed by atoms with Crippen LogP contribution in [0.3, 0.4) is 0 Å². The van der Waals surface area contributed by atoms with Crippen LogP contribution in [0.4, 0.5) is 0 Å². The summed E-state index contributed by atoms with van der Waals surface area (Å²) in [5.74, 6) is -0.447. The zero-order valence-corrected chi connectivity index (χ0v) is 7.89. The van der Waals surface area contributed by atoms with Gasteiger partial charge in [-0.25, -0.2) is 0 Å². The van der Waals surface area contributed by atoms with Crippen molar-refractivity contribution in [3.63, 3.8) is 0 Å². The molecule has 0 heterocycles. The first-order valence-corrected chi connectivity index (χ1v) is 5.08. The van der Waals surface area contributed by atoms with Gasteiger partial charge in [0.15, 0.2) is 0 Å². The van der Waals surface area contributed by atoms with E-state index < -0.39 is 5.97 Å². The van der Waals surface area contributed by atoms with E-state index in [1.54, 1.807) is 0 Å². The average molecular weight is 191 g/mol. The third-order valence-electron chi connectivity index (χ3n) is 2.70. The van der Waals surface area contributed by atoms with E-state index >= 15 is 0 Å². The summed E-state index contributed by atoms with van der Waals surface area (Å²) in [6.45, 7) is 0. The molecule has 3 heteroatoms. The Morgan fingerprint density at radius 1 is 1.42 bits per heavy atom. The summed E-state index contributed by atoms with van der Waals surface area (Å²) in [6, 6.07) is 0. The molecule has 12 heavy (non-hydrogen) atoms. The van der Waals surface area contributed by atoms with Crippen molar-refractivity contribution in [3.05, 3.63) is 0 Å². The van der Waals surface area contributed by atoms with Crippen LogP contribution in [0.1, 0.15) is 32.1 Å². The molecule has 0 radical (unpaired) electrons. The minimum absolute atomic E-state index is 0.264. The first-order valence-electron chi connectivity index (χ1n) is 4.54. The number of alkyl halides is 1. The van der Waals surface area contributed by atoms with Crippen LogP contribution in [-0.2, 0) is 4.79 Å². The van der Waals surface area contributed by atoms with Gasteiger partial charge in [0.2, 0.25) is 0 Å². The van der Waals surface area contributed by atoms with Crippen LogP contribution in [0.25, 0.3) is 0 Å². The lowest BCUT2D eigenvalue weighted by Crippen LogP contribution is -2.26. The molecular weight excluding hydrogens is 176 g/mol. The second-order valence-electron chi connectivity index (χ2n) is 3.50. The maximum atomic E-state index is 10.7. The van der Waals surface area contributed by atoms with Crippen LogP contribution in [0, 0.1) is 11.8 Å². The zero-order valence-electron chi connectivity index (χ0n) is 7.13. The lowest BCUT2D eigenvalue weighted by Gasteiger charge is -2.25. The van der Waals surface area contributed by atoms with E-state index in [1.165, 1.54) is 19.3 Å². The highest BCUT2D eigenvalue weighted by Gasteiger charge is 2.28. The van der Waals surface area contributed by atoms with Crippen molar-refractivity contribution < 1.29 is 9.90 Å². The van der Waals surface area contributed by atoms with Gasteiger partial charge in [-0.3, -0.25) is 4.79 Å². The molecular formula is C9H15ClO2. The smallest absolute Gasteiger partial charge is 0.307 e. The molecule has 0 spiro atoms. The fourth-order valence-corrected chi connectivity index (χ4v) is 2.31. The number of carboxylic acids is 1. The van der Waals surface area contributed by atoms with E-state index in [4.69, 9.17) is 16.7 Å². The van der Waals surface area contributed by atoms with E-state index in [0.717, 1.165) is 12.8 Å². The number of halogens is 1. The fraction of sp³-hybridized carbons (Fsp3) is 0.889. The molecule has 1 N–H and O–H groups in total. The standard InChI is InChI=1S/C9H15ClO2/c10-6-8(9(11)12)7-4-2-1-3-5-7/h7-8H,1-6H2,(H,11,12). The van der Waals surface area contributed by atoms with Gasteiger partial charge in [-0.05, 0) is 18.8 Å². The second kappa shape index (κ2) is 4.70. The highest BCUT2D eigenvalue weighted by Crippen LogP contribution is 2.30. The van der Waals surface area contributed by atoms with Crippen molar-refractivity contribution in [1.29, 1.82) is 0 Å². The molecule has 0 aromatic rings. The average Bonchev–Trinajstić information content (AvgIpc) is 2.07. The Hall–Kier alpha value is -0.240. The summed E-state index contributed by atoms with van der Waals surface area (Å²) in [6.07, 6.45) is 5.69. The Balaban J connectivity index is 2.46. The zero-order chi connectivity index (χ0) is 8.97. The number of aliphatic carboxylic acids is 1. The van der Waals surface area contributed by atoms with Gasteiger partial charge in [0.05, 0.1) is 5.92 Å². The van der Waals surface area contributed by atoms with Crippen LogP contribution in [0.2, 0.25) is 0 Å². The highest BCUT2D eigenvalue weighted by molar-refractivity contribution is 6.19. The van der Waals surface area contributed by atoms with Gasteiger partial charge in [-0.2, -0.15) is 0 Å². The Morgan fingerprint density at radius 2 is 2.00 bits per heavy atom. The lowest BCUT2D eigenvalue weighted by molar-refractivity contribution is -0.143. The summed E-state index contributed by atoms with van der Waals surface area (Å²) in [7, 11) is 0. The van der Waals surface area contributed by atoms with Crippen LogP contribution >= 0.6 is 11.6 Å². The molecule has 1 unspecified atom stereocenters. The summed E-state index contributed by atoms with van der Waals surface area (Å²) in [5.41, 5.74) is 0. The molecule has 0 aromatic carbocycles. The Morgan fingerprint density at radius 3 is 2.42 bits per heavy atom. The van der Waals surface area contributed by atoms with Gasteiger partial charge in [-0.1, -0.05) is 19.3 Å². The Bertz CT molecular complexity index is 153. The van der Waals surface area contributed by atoms with Crippen LogP contribution < -0.4 is 0 Å². The Kier molecular flexibility index (Phi) is 3.86. The van der Waals surface area contributed by atoms with E-state index in [0.29, 0.717) is 5.92 Å². The molecule has 0 aliphatic heterocycles. The second-order valence-corrected chi connectivity index (χ2v) is 3.81. The first-order chi connectivity index (χ1) is 5.75. The number of carboxylic acid groups (broad SMARTS) is 1. The molecule has 0 bridgehead atoms. The number of hydrogen-bond donors (Lipinski definition) is 1. The molecule has 0 saturated heterocycles. The van der Waals surface area contributed by atoms with Gasteiger partial charge in [-0.15, -0.1) is 11.6 Å². The van der Waals surface area contributed by atoms with Gasteiger partial charge in [0.25, 0.3) is 0 Å². The van der Waals surface area contributed by atoms with Crippen LogP contribution in [0.15, 0.2) is 0 Å². The van der Waals surface area contributed by atoms with Gasteiger partial charge >= 0.3 is 5.97 Å². The van der Waals surface area contributed by atoms with Gasteiger partial charge in [0, 0.05) is 5.88 Å². The minimum Gasteiger partial charge on any atom is -0.481 e. The highest BCUT2D eigenvalue weighted by atomic mass is 35.5. The largest absolute Gasteiger partial charge is 0.481 e. The van der Waals surface area contributed by atoms with E-state index in [1.807, 2.05) is 0 Å². The third-order valence-corrected chi connectivity index (χ3v) is 3.03. The van der Waals surface area contributed by atoms with Crippen molar-refractivity contribution in [1.82, 2.24) is 0 Å². The van der Waals surface area contributed by atoms with Crippen molar-refractivity contribution in [3.8, 4) is 0 Å². The Labute approximate surface area is 77.9 Å². The van der Waals surface area contributed by atoms with Crippen molar-refractivity contribution in [2.24, 2.45) is 11.8 Å². The molecule has 1 atom stereocenters. The van der Waals surface area contributed by atoms with Crippen molar-refractivity contribution >= 4 is 17.6 Å². The number of hydrogen-bond acceptors (Lipinski definition) is 1. The van der Waals surface area contributed by atoms with Crippen molar-refractivity contribution in [2.45, 2.75) is 32.1 Å². The van der Waals surface area contributed by atoms with E-state index in [2.05, 4.69) is 0 Å². The molecule has 1 aliphatic rings. The van der Waals surface area contributed by atoms with Gasteiger partial charge < -0.3 is 5.11 Å². The van der Waals surface area contributed by atoms with E-state index in [9.17, 15) is 4.79 Å². The molecule has 0 amide bonds. The normalized spacial score (nSPS) is 22.1. The monoisotopic (exact) mass is 190 g/mol. The fourth-order valence-electron chi connectivity index (χ4n) is 1.93. The number of carbonyl (C=O) groups is 1. The van der Waals surface area contributed by atoms with Crippen molar-refractivity contribution in [2.75, 3.05) is 5.88 Å².